The van der Waals surface area contributed by atoms with Crippen molar-refractivity contribution in [2.45, 2.75) is 32.7 Å². The molecule has 0 saturated heterocycles. The lowest BCUT2D eigenvalue weighted by molar-refractivity contribution is -0.138. The minimum Gasteiger partial charge on any atom is -0.507 e. The average Bonchev–Trinajstić information content (AvgIpc) is 3.00. The second-order valence-corrected chi connectivity index (χ2v) is 8.10. The molecule has 2 N–H and O–H groups in total. The molecule has 0 unspecified atom stereocenters. The van der Waals surface area contributed by atoms with Gasteiger partial charge in [0.2, 0.25) is 5.78 Å². The van der Waals surface area contributed by atoms with Crippen LogP contribution in [0.25, 0.3) is 0 Å². The average molecular weight is 361 g/mol. The van der Waals surface area contributed by atoms with Gasteiger partial charge in [0.15, 0.2) is 0 Å². The summed E-state index contributed by atoms with van der Waals surface area (Å²) in [7, 11) is 1.66. The number of benzene rings is 1. The highest BCUT2D eigenvalue weighted by Crippen LogP contribution is 2.35. The van der Waals surface area contributed by atoms with Gasteiger partial charge >= 0.3 is 5.97 Å². The Balaban J connectivity index is 2.49. The molecule has 0 aliphatic rings. The summed E-state index contributed by atoms with van der Waals surface area (Å²) in [6, 6.07) is 6.99. The van der Waals surface area contributed by atoms with Crippen molar-refractivity contribution in [1.82, 2.24) is 4.90 Å². The number of carbonyl (C=O) groups is 2. The second-order valence-electron chi connectivity index (χ2n) is 7.15. The number of likely N-dealkylation sites (N-methyl/N-ethyl adjacent to an activating group) is 1. The molecule has 0 atom stereocenters. The number of nitrogens with zero attached hydrogens (tertiary/aromatic N) is 1. The van der Waals surface area contributed by atoms with Crippen molar-refractivity contribution in [3.8, 4) is 5.75 Å². The van der Waals surface area contributed by atoms with E-state index in [0.29, 0.717) is 21.6 Å². The van der Waals surface area contributed by atoms with Crippen LogP contribution in [-0.2, 0) is 16.8 Å². The van der Waals surface area contributed by atoms with Gasteiger partial charge in [-0.1, -0.05) is 26.8 Å². The van der Waals surface area contributed by atoms with E-state index >= 15 is 0 Å². The number of phenolic OH excluding ortho intramolecular Hbond substituents is 1. The largest absolute Gasteiger partial charge is 0.507 e. The van der Waals surface area contributed by atoms with E-state index in [2.05, 4.69) is 0 Å². The zero-order valence-corrected chi connectivity index (χ0v) is 15.7. The normalized spacial score (nSPS) is 11.7. The predicted molar refractivity (Wildman–Crippen MR) is 98.5 cm³/mol. The van der Waals surface area contributed by atoms with Crippen molar-refractivity contribution < 1.29 is 19.8 Å². The van der Waals surface area contributed by atoms with Crippen LogP contribution in [-0.4, -0.2) is 40.5 Å². The third-order valence-electron chi connectivity index (χ3n) is 3.85. The SMILES string of the molecule is CN(CC(=O)O)Cc1cc(C(=O)c2cccs2)cc(C(C)(C)C)c1O. The summed E-state index contributed by atoms with van der Waals surface area (Å²) in [4.78, 5) is 25.8. The fourth-order valence-corrected chi connectivity index (χ4v) is 3.33. The molecule has 1 aromatic heterocycles. The number of carbonyl (C=O) groups excluding carboxylic acids is 1. The van der Waals surface area contributed by atoms with Crippen LogP contribution >= 0.6 is 11.3 Å². The van der Waals surface area contributed by atoms with Crippen molar-refractivity contribution in [3.63, 3.8) is 0 Å². The van der Waals surface area contributed by atoms with Crippen LogP contribution in [0.2, 0.25) is 0 Å². The summed E-state index contributed by atoms with van der Waals surface area (Å²) in [5.74, 6) is -0.918. The van der Waals surface area contributed by atoms with Crippen molar-refractivity contribution in [2.75, 3.05) is 13.6 Å². The van der Waals surface area contributed by atoms with Crippen molar-refractivity contribution in [3.05, 3.63) is 51.2 Å². The fourth-order valence-electron chi connectivity index (χ4n) is 2.65. The van der Waals surface area contributed by atoms with Crippen LogP contribution in [0.4, 0.5) is 0 Å². The summed E-state index contributed by atoms with van der Waals surface area (Å²) in [5, 5.41) is 21.4. The smallest absolute Gasteiger partial charge is 0.317 e. The van der Waals surface area contributed by atoms with Gasteiger partial charge in [-0.15, -0.1) is 11.3 Å². The molecule has 1 heterocycles. The summed E-state index contributed by atoms with van der Waals surface area (Å²) < 4.78 is 0. The van der Waals surface area contributed by atoms with E-state index in [1.165, 1.54) is 11.3 Å². The Morgan fingerprint density at radius 2 is 1.92 bits per heavy atom. The lowest BCUT2D eigenvalue weighted by Gasteiger charge is -2.24. The molecule has 2 rings (SSSR count). The Hall–Kier alpha value is -2.18. The highest BCUT2D eigenvalue weighted by Gasteiger charge is 2.24. The molecule has 0 fully saturated rings. The Labute approximate surface area is 151 Å². The van der Waals surface area contributed by atoms with E-state index in [1.807, 2.05) is 32.2 Å². The number of rotatable bonds is 6. The standard InChI is InChI=1S/C19H23NO4S/c1-19(2,3)14-9-12(18(24)15-6-5-7-25-15)8-13(17(14)23)10-20(4)11-16(21)22/h5-9,23H,10-11H2,1-4H3,(H,21,22). The maximum Gasteiger partial charge on any atom is 0.317 e. The molecular formula is C19H23NO4S. The van der Waals surface area contributed by atoms with Gasteiger partial charge < -0.3 is 10.2 Å². The molecule has 0 aliphatic heterocycles. The third-order valence-corrected chi connectivity index (χ3v) is 4.72. The molecule has 0 amide bonds. The Morgan fingerprint density at radius 3 is 2.44 bits per heavy atom. The fraction of sp³-hybridized carbons (Fsp3) is 0.368. The second kappa shape index (κ2) is 7.37. The Morgan fingerprint density at radius 1 is 1.24 bits per heavy atom. The van der Waals surface area contributed by atoms with E-state index in [0.717, 1.165) is 0 Å². The highest BCUT2D eigenvalue weighted by atomic mass is 32.1. The Bertz CT molecular complexity index is 775. The Kier molecular flexibility index (Phi) is 5.65. The van der Waals surface area contributed by atoms with Gasteiger partial charge in [0.1, 0.15) is 5.75 Å². The van der Waals surface area contributed by atoms with Gasteiger partial charge in [0.05, 0.1) is 11.4 Å². The molecule has 134 valence electrons. The highest BCUT2D eigenvalue weighted by molar-refractivity contribution is 7.12. The number of hydrogen-bond acceptors (Lipinski definition) is 5. The van der Waals surface area contributed by atoms with Crippen LogP contribution in [0.5, 0.6) is 5.75 Å². The van der Waals surface area contributed by atoms with Crippen molar-refractivity contribution >= 4 is 23.1 Å². The summed E-state index contributed by atoms with van der Waals surface area (Å²) in [6.07, 6.45) is 0. The molecule has 25 heavy (non-hydrogen) atoms. The number of carboxylic acid groups (broad SMARTS) is 1. The first-order chi connectivity index (χ1) is 11.6. The van der Waals surface area contributed by atoms with Crippen LogP contribution in [0.15, 0.2) is 29.6 Å². The zero-order chi connectivity index (χ0) is 18.8. The van der Waals surface area contributed by atoms with E-state index in [1.54, 1.807) is 30.1 Å². The first-order valence-electron chi connectivity index (χ1n) is 7.94. The third kappa shape index (κ3) is 4.67. The molecule has 6 heteroatoms. The van der Waals surface area contributed by atoms with Crippen LogP contribution in [0.1, 0.15) is 47.1 Å². The predicted octanol–water partition coefficient (Wildman–Crippen LogP) is 3.50. The topological polar surface area (TPSA) is 77.8 Å². The van der Waals surface area contributed by atoms with E-state index < -0.39 is 5.97 Å². The number of thiophene rings is 1. The molecule has 0 spiro atoms. The minimum atomic E-state index is -0.941. The monoisotopic (exact) mass is 361 g/mol. The van der Waals surface area contributed by atoms with Gasteiger partial charge in [0, 0.05) is 23.2 Å². The summed E-state index contributed by atoms with van der Waals surface area (Å²) in [5.41, 5.74) is 1.38. The lowest BCUT2D eigenvalue weighted by atomic mass is 9.83. The van der Waals surface area contributed by atoms with Gasteiger partial charge in [-0.25, -0.2) is 0 Å². The first-order valence-corrected chi connectivity index (χ1v) is 8.82. The first kappa shape index (κ1) is 19.1. The van der Waals surface area contributed by atoms with Gasteiger partial charge in [-0.3, -0.25) is 14.5 Å². The number of ketones is 1. The lowest BCUT2D eigenvalue weighted by Crippen LogP contribution is -2.25. The number of hydrogen-bond donors (Lipinski definition) is 2. The summed E-state index contributed by atoms with van der Waals surface area (Å²) in [6.45, 7) is 5.99. The van der Waals surface area contributed by atoms with Crippen molar-refractivity contribution in [2.24, 2.45) is 0 Å². The molecule has 0 aliphatic carbocycles. The van der Waals surface area contributed by atoms with Gasteiger partial charge in [0.25, 0.3) is 0 Å². The van der Waals surface area contributed by atoms with Crippen molar-refractivity contribution in [1.29, 1.82) is 0 Å². The zero-order valence-electron chi connectivity index (χ0n) is 14.9. The van der Waals surface area contributed by atoms with E-state index in [9.17, 15) is 14.7 Å². The molecule has 2 aromatic rings. The molecule has 1 aromatic carbocycles. The maximum atomic E-state index is 12.7. The number of carboxylic acids is 1. The molecule has 0 saturated carbocycles. The molecular weight excluding hydrogens is 338 g/mol. The number of aromatic hydroxyl groups is 1. The molecule has 0 radical (unpaired) electrons. The number of phenols is 1. The quantitative estimate of drug-likeness (QED) is 0.770. The van der Waals surface area contributed by atoms with Crippen LogP contribution in [0, 0.1) is 0 Å². The molecule has 0 bridgehead atoms. The van der Waals surface area contributed by atoms with Crippen LogP contribution < -0.4 is 0 Å². The van der Waals surface area contributed by atoms with E-state index in [4.69, 9.17) is 5.11 Å². The molecule has 5 nitrogen and oxygen atoms in total. The summed E-state index contributed by atoms with van der Waals surface area (Å²) >= 11 is 1.37. The van der Waals surface area contributed by atoms with Crippen LogP contribution in [0.3, 0.4) is 0 Å². The minimum absolute atomic E-state index is 0.0948. The van der Waals surface area contributed by atoms with Gasteiger partial charge in [-0.05, 0) is 36.0 Å². The maximum absolute atomic E-state index is 12.7. The van der Waals surface area contributed by atoms with E-state index in [-0.39, 0.29) is 30.0 Å². The van der Waals surface area contributed by atoms with Gasteiger partial charge in [-0.2, -0.15) is 0 Å². The number of aliphatic carboxylic acids is 1.